The van der Waals surface area contributed by atoms with Crippen molar-refractivity contribution in [1.29, 1.82) is 0 Å². The van der Waals surface area contributed by atoms with Crippen LogP contribution < -0.4 is 5.32 Å². The molecule has 45 heavy (non-hydrogen) atoms. The number of amides is 2. The Morgan fingerprint density at radius 1 is 0.889 bits per heavy atom. The van der Waals surface area contributed by atoms with Crippen LogP contribution >= 0.6 is 46.6 Å². The number of nitrogens with one attached hydrogen (secondary N) is 1. The van der Waals surface area contributed by atoms with Gasteiger partial charge in [0.1, 0.15) is 23.8 Å². The van der Waals surface area contributed by atoms with Gasteiger partial charge in [0.25, 0.3) is 11.8 Å². The molecule has 0 aromatic heterocycles. The van der Waals surface area contributed by atoms with E-state index < -0.39 is 58.0 Å². The molecule has 5 rings (SSSR count). The molecule has 2 aliphatic rings. The standard InChI is InChI=1S/C31H25Cl3N2O8S/c32-31(33,34)17-42-30(41)44-25(20-14-8-3-9-15-20)26(38)35-22-27(39)36-23(21(37)16-45-28(22)36)29(40)43-24(18-10-4-1-5-11-18)19-12-6-2-7-13-19/h1-15,22,24-25,28,37H,16-17H2,(H,35,38)/t22-,25?,28-/m1/s1. The van der Waals surface area contributed by atoms with Crippen molar-refractivity contribution < 1.29 is 38.5 Å². The summed E-state index contributed by atoms with van der Waals surface area (Å²) in [6, 6.07) is 25.0. The van der Waals surface area contributed by atoms with E-state index in [1.54, 1.807) is 54.6 Å². The van der Waals surface area contributed by atoms with Gasteiger partial charge >= 0.3 is 12.1 Å². The summed E-state index contributed by atoms with van der Waals surface area (Å²) >= 11 is 18.0. The second kappa shape index (κ2) is 14.0. The van der Waals surface area contributed by atoms with Crippen molar-refractivity contribution in [2.75, 3.05) is 12.4 Å². The predicted molar refractivity (Wildman–Crippen MR) is 167 cm³/mol. The van der Waals surface area contributed by atoms with E-state index in [0.29, 0.717) is 11.1 Å². The van der Waals surface area contributed by atoms with Crippen molar-refractivity contribution in [3.63, 3.8) is 0 Å². The van der Waals surface area contributed by atoms with E-state index in [1.165, 1.54) is 0 Å². The lowest BCUT2D eigenvalue weighted by Crippen LogP contribution is -2.71. The molecular formula is C31H25Cl3N2O8S. The number of rotatable bonds is 9. The molecule has 1 unspecified atom stereocenters. The molecule has 2 aliphatic heterocycles. The van der Waals surface area contributed by atoms with Crippen molar-refractivity contribution in [3.8, 4) is 0 Å². The highest BCUT2D eigenvalue weighted by molar-refractivity contribution is 8.00. The molecule has 3 aromatic carbocycles. The summed E-state index contributed by atoms with van der Waals surface area (Å²) in [7, 11) is 0. The highest BCUT2D eigenvalue weighted by Gasteiger charge is 2.55. The van der Waals surface area contributed by atoms with Crippen LogP contribution in [0, 0.1) is 0 Å². The van der Waals surface area contributed by atoms with Crippen LogP contribution in [0.25, 0.3) is 0 Å². The van der Waals surface area contributed by atoms with Gasteiger partial charge in [0, 0.05) is 5.56 Å². The van der Waals surface area contributed by atoms with Crippen molar-refractivity contribution in [3.05, 3.63) is 119 Å². The van der Waals surface area contributed by atoms with Crippen LogP contribution in [0.4, 0.5) is 4.79 Å². The zero-order valence-electron chi connectivity index (χ0n) is 23.2. The molecule has 2 heterocycles. The first-order valence-electron chi connectivity index (χ1n) is 13.5. The van der Waals surface area contributed by atoms with Gasteiger partial charge < -0.3 is 24.6 Å². The SMILES string of the molecule is O=C(OCC(Cl)(Cl)Cl)OC(C(=O)N[C@@H]1C(=O)N2C(C(=O)OC(c3ccccc3)c3ccccc3)=C(O)CS[C@H]12)c1ccccc1. The van der Waals surface area contributed by atoms with Crippen LogP contribution in [-0.2, 0) is 28.6 Å². The van der Waals surface area contributed by atoms with E-state index >= 15 is 0 Å². The maximum absolute atomic E-state index is 13.5. The number of esters is 1. The zero-order valence-corrected chi connectivity index (χ0v) is 26.3. The Balaban J connectivity index is 1.31. The van der Waals surface area contributed by atoms with Gasteiger partial charge in [0.05, 0.1) is 5.75 Å². The van der Waals surface area contributed by atoms with Gasteiger partial charge in [-0.3, -0.25) is 14.5 Å². The minimum atomic E-state index is -1.90. The molecule has 3 atom stereocenters. The van der Waals surface area contributed by atoms with E-state index in [9.17, 15) is 24.3 Å². The van der Waals surface area contributed by atoms with Crippen molar-refractivity contribution in [2.45, 2.75) is 27.4 Å². The van der Waals surface area contributed by atoms with Crippen LogP contribution in [0.1, 0.15) is 28.9 Å². The Morgan fingerprint density at radius 3 is 1.96 bits per heavy atom. The molecule has 0 spiro atoms. The number of nitrogens with zero attached hydrogens (tertiary/aromatic N) is 1. The largest absolute Gasteiger partial charge is 0.509 e. The van der Waals surface area contributed by atoms with Crippen molar-refractivity contribution >= 4 is 70.5 Å². The lowest BCUT2D eigenvalue weighted by atomic mass is 10.0. The Hall–Kier alpha value is -3.90. The molecule has 1 saturated heterocycles. The van der Waals surface area contributed by atoms with Gasteiger partial charge in [0.15, 0.2) is 11.8 Å². The number of fused-ring (bicyclic) bond motifs is 1. The first-order valence-corrected chi connectivity index (χ1v) is 15.6. The monoisotopic (exact) mass is 690 g/mol. The number of halogens is 3. The Morgan fingerprint density at radius 2 is 1.42 bits per heavy atom. The van der Waals surface area contributed by atoms with Crippen LogP contribution in [0.15, 0.2) is 102 Å². The molecule has 0 saturated carbocycles. The van der Waals surface area contributed by atoms with E-state index in [2.05, 4.69) is 5.32 Å². The summed E-state index contributed by atoms with van der Waals surface area (Å²) < 4.78 is 14.0. The number of thioether (sulfide) groups is 1. The summed E-state index contributed by atoms with van der Waals surface area (Å²) in [6.45, 7) is -0.626. The van der Waals surface area contributed by atoms with Gasteiger partial charge in [-0.25, -0.2) is 9.59 Å². The molecule has 3 aromatic rings. The summed E-state index contributed by atoms with van der Waals surface area (Å²) in [4.78, 5) is 53.7. The number of β-lactam (4-membered cyclic amide) rings is 1. The van der Waals surface area contributed by atoms with E-state index in [1.807, 2.05) is 36.4 Å². The Bertz CT molecular complexity index is 1550. The minimum absolute atomic E-state index is 0.0193. The van der Waals surface area contributed by atoms with Crippen LogP contribution in [0.2, 0.25) is 0 Å². The number of aliphatic hydroxyl groups is 1. The highest BCUT2D eigenvalue weighted by Crippen LogP contribution is 2.41. The fourth-order valence-corrected chi connectivity index (χ4v) is 6.11. The normalized spacial score (nSPS) is 18.4. The van der Waals surface area contributed by atoms with Gasteiger partial charge in [-0.15, -0.1) is 11.8 Å². The van der Waals surface area contributed by atoms with E-state index in [0.717, 1.165) is 16.7 Å². The molecule has 2 N–H and O–H groups in total. The number of hydrogen-bond donors (Lipinski definition) is 2. The fraction of sp³-hybridized carbons (Fsp3) is 0.226. The smallest absolute Gasteiger partial charge is 0.509 e. The molecule has 0 radical (unpaired) electrons. The highest BCUT2D eigenvalue weighted by atomic mass is 35.6. The summed E-state index contributed by atoms with van der Waals surface area (Å²) in [6.07, 6.45) is -3.61. The molecule has 0 bridgehead atoms. The number of aliphatic hydroxyl groups excluding tert-OH is 1. The number of hydrogen-bond acceptors (Lipinski definition) is 9. The average molecular weight is 692 g/mol. The second-order valence-electron chi connectivity index (χ2n) is 9.86. The molecule has 2 amide bonds. The van der Waals surface area contributed by atoms with Crippen molar-refractivity contribution in [1.82, 2.24) is 10.2 Å². The van der Waals surface area contributed by atoms with Crippen molar-refractivity contribution in [2.24, 2.45) is 0 Å². The summed E-state index contributed by atoms with van der Waals surface area (Å²) in [5.41, 5.74) is 1.37. The number of ether oxygens (including phenoxy) is 3. The van der Waals surface area contributed by atoms with Gasteiger partial charge in [-0.1, -0.05) is 126 Å². The third-order valence-corrected chi connectivity index (χ3v) is 8.37. The molecule has 0 aliphatic carbocycles. The van der Waals surface area contributed by atoms with Crippen LogP contribution in [0.5, 0.6) is 0 Å². The molecule has 14 heteroatoms. The van der Waals surface area contributed by atoms with Gasteiger partial charge in [0.2, 0.25) is 9.90 Å². The number of carbonyl (C=O) groups excluding carboxylic acids is 4. The first kappa shape index (κ1) is 32.5. The quantitative estimate of drug-likeness (QED) is 0.164. The lowest BCUT2D eigenvalue weighted by molar-refractivity contribution is -0.155. The van der Waals surface area contributed by atoms with Gasteiger partial charge in [-0.2, -0.15) is 0 Å². The lowest BCUT2D eigenvalue weighted by Gasteiger charge is -2.49. The maximum Gasteiger partial charge on any atom is 0.509 e. The number of alkyl halides is 3. The first-order chi connectivity index (χ1) is 21.5. The molecule has 10 nitrogen and oxygen atoms in total. The topological polar surface area (TPSA) is 131 Å². The Kier molecular flexibility index (Phi) is 10.1. The third-order valence-electron chi connectivity index (χ3n) is 6.78. The van der Waals surface area contributed by atoms with E-state index in [4.69, 9.17) is 49.0 Å². The fourth-order valence-electron chi connectivity index (χ4n) is 4.74. The van der Waals surface area contributed by atoms with E-state index in [-0.39, 0.29) is 22.8 Å². The van der Waals surface area contributed by atoms with Crippen LogP contribution in [-0.4, -0.2) is 61.5 Å². The number of carbonyl (C=O) groups is 4. The molecular weight excluding hydrogens is 667 g/mol. The third kappa shape index (κ3) is 7.67. The molecule has 1 fully saturated rings. The average Bonchev–Trinajstić information content (AvgIpc) is 3.04. The number of benzene rings is 3. The Labute approximate surface area is 277 Å². The zero-order chi connectivity index (χ0) is 32.1. The molecule has 234 valence electrons. The summed E-state index contributed by atoms with van der Waals surface area (Å²) in [5, 5.41) is 12.6. The second-order valence-corrected chi connectivity index (χ2v) is 13.5. The van der Waals surface area contributed by atoms with Gasteiger partial charge in [-0.05, 0) is 11.1 Å². The predicted octanol–water partition coefficient (Wildman–Crippen LogP) is 5.75. The summed E-state index contributed by atoms with van der Waals surface area (Å²) in [5.74, 6) is -2.76. The maximum atomic E-state index is 13.5. The van der Waals surface area contributed by atoms with Crippen LogP contribution in [0.3, 0.4) is 0 Å². The minimum Gasteiger partial charge on any atom is -0.509 e.